The Morgan fingerprint density at radius 1 is 0.625 bits per heavy atom. The molecule has 2 saturated carbocycles. The number of esters is 2. The SMILES string of the molecule is CCCCCCN(/N=C/c1cc(OCC2CCC(C(=O)Oc3ccc(OCCOCCO)cc3)CC2)ccc1OCC1CCC(C(=O)Oc2ccc(OCCOCCO)cc2)CC1)c1nc2ccccc2s1. The van der Waals surface area contributed by atoms with Gasteiger partial charge in [0.25, 0.3) is 0 Å². The number of rotatable bonds is 30. The second-order valence-electron chi connectivity index (χ2n) is 18.3. The maximum Gasteiger partial charge on any atom is 0.314 e. The number of ether oxygens (including phenoxy) is 8. The minimum Gasteiger partial charge on any atom is -0.493 e. The van der Waals surface area contributed by atoms with Gasteiger partial charge in [-0.2, -0.15) is 5.10 Å². The van der Waals surface area contributed by atoms with Crippen molar-refractivity contribution in [2.45, 2.75) is 84.0 Å². The average Bonchev–Trinajstić information content (AvgIpc) is 3.85. The van der Waals surface area contributed by atoms with Crippen molar-refractivity contribution in [3.63, 3.8) is 0 Å². The lowest BCUT2D eigenvalue weighted by atomic mass is 9.82. The van der Waals surface area contributed by atoms with Crippen LogP contribution in [0.4, 0.5) is 5.13 Å². The summed E-state index contributed by atoms with van der Waals surface area (Å²) in [5, 5.41) is 25.6. The zero-order valence-corrected chi connectivity index (χ0v) is 42.4. The number of hydrogen-bond donors (Lipinski definition) is 2. The van der Waals surface area contributed by atoms with Gasteiger partial charge < -0.3 is 48.1 Å². The molecule has 15 nitrogen and oxygen atoms in total. The van der Waals surface area contributed by atoms with Gasteiger partial charge in [0.05, 0.1) is 81.1 Å². The number of carbonyl (C=O) groups excluding carboxylic acids is 2. The fourth-order valence-corrected chi connectivity index (χ4v) is 9.72. The predicted octanol–water partition coefficient (Wildman–Crippen LogP) is 10.1. The highest BCUT2D eigenvalue weighted by molar-refractivity contribution is 7.22. The molecule has 2 N–H and O–H groups in total. The van der Waals surface area contributed by atoms with Gasteiger partial charge in [-0.25, -0.2) is 9.99 Å². The number of fused-ring (bicyclic) bond motifs is 1. The number of hydrogen-bond acceptors (Lipinski definition) is 16. The van der Waals surface area contributed by atoms with Crippen LogP contribution in [0.3, 0.4) is 0 Å². The molecule has 4 aromatic carbocycles. The van der Waals surface area contributed by atoms with Crippen LogP contribution in [0.1, 0.15) is 89.5 Å². The number of aromatic nitrogens is 1. The van der Waals surface area contributed by atoms with Gasteiger partial charge in [0.2, 0.25) is 5.13 Å². The standard InChI is InChI=1S/C56H71N3O12S/c1-2-3-4-7-28-59(56-58-51-8-5-6-9-53(51)72-56)57-38-45-37-50(68-39-41-10-14-43(15-11-41)54(62)70-48-22-18-46(19-23-48)66-35-33-64-31-29-60)26-27-52(45)69-40-42-12-16-44(17-13-42)55(63)71-49-24-20-47(21-25-49)67-36-34-65-32-30-61/h5-6,8-9,18-27,37-38,41-44,60-61H,2-4,7,10-17,28-36,39-40H2,1H3/b57-38+. The first-order valence-corrected chi connectivity index (χ1v) is 26.5. The molecule has 0 spiro atoms. The molecule has 72 heavy (non-hydrogen) atoms. The van der Waals surface area contributed by atoms with E-state index >= 15 is 0 Å². The van der Waals surface area contributed by atoms with E-state index in [1.807, 2.05) is 47.6 Å². The number of unbranched alkanes of at least 4 members (excludes halogenated alkanes) is 3. The molecule has 0 amide bonds. The van der Waals surface area contributed by atoms with Crippen LogP contribution >= 0.6 is 11.3 Å². The minimum atomic E-state index is -0.221. The molecule has 388 valence electrons. The highest BCUT2D eigenvalue weighted by Crippen LogP contribution is 2.35. The quantitative estimate of drug-likeness (QED) is 0.0146. The van der Waals surface area contributed by atoms with Gasteiger partial charge in [-0.1, -0.05) is 49.7 Å². The van der Waals surface area contributed by atoms with Gasteiger partial charge in [0.15, 0.2) is 0 Å². The lowest BCUT2D eigenvalue weighted by Crippen LogP contribution is -2.28. The van der Waals surface area contributed by atoms with Crippen molar-refractivity contribution in [2.24, 2.45) is 28.8 Å². The zero-order chi connectivity index (χ0) is 50.2. The van der Waals surface area contributed by atoms with E-state index in [0.29, 0.717) is 74.3 Å². The highest BCUT2D eigenvalue weighted by atomic mass is 32.1. The van der Waals surface area contributed by atoms with Crippen LogP contribution in [0, 0.1) is 23.7 Å². The summed E-state index contributed by atoms with van der Waals surface area (Å²) in [5.41, 5.74) is 1.75. The molecule has 0 aliphatic heterocycles. The van der Waals surface area contributed by atoms with Gasteiger partial charge in [-0.15, -0.1) is 0 Å². The first-order valence-electron chi connectivity index (χ1n) is 25.7. The fraction of sp³-hybridized carbons (Fsp3) is 0.500. The number of benzene rings is 4. The summed E-state index contributed by atoms with van der Waals surface area (Å²) in [6.07, 6.45) is 12.5. The van der Waals surface area contributed by atoms with E-state index in [9.17, 15) is 9.59 Å². The molecule has 1 heterocycles. The molecule has 7 rings (SSSR count). The van der Waals surface area contributed by atoms with E-state index in [2.05, 4.69) is 13.0 Å². The third kappa shape index (κ3) is 17.5. The van der Waals surface area contributed by atoms with E-state index in [0.717, 1.165) is 110 Å². The smallest absolute Gasteiger partial charge is 0.314 e. The van der Waals surface area contributed by atoms with E-state index in [4.69, 9.17) is 58.2 Å². The second kappa shape index (κ2) is 29.7. The lowest BCUT2D eigenvalue weighted by Gasteiger charge is -2.28. The van der Waals surface area contributed by atoms with E-state index in [-0.39, 0.29) is 56.1 Å². The Kier molecular flexibility index (Phi) is 22.3. The number of anilines is 1. The van der Waals surface area contributed by atoms with E-state index in [1.54, 1.807) is 59.9 Å². The van der Waals surface area contributed by atoms with E-state index < -0.39 is 0 Å². The van der Waals surface area contributed by atoms with Crippen molar-refractivity contribution in [2.75, 3.05) is 77.6 Å². The topological polar surface area (TPSA) is 177 Å². The largest absolute Gasteiger partial charge is 0.493 e. The third-order valence-corrected chi connectivity index (χ3v) is 14.0. The number of aliphatic hydroxyl groups excluding tert-OH is 2. The van der Waals surface area contributed by atoms with Crippen LogP contribution in [0.5, 0.6) is 34.5 Å². The van der Waals surface area contributed by atoms with Crippen LogP contribution in [-0.4, -0.2) is 106 Å². The van der Waals surface area contributed by atoms with Gasteiger partial charge >= 0.3 is 11.9 Å². The maximum atomic E-state index is 13.2. The number of para-hydroxylation sites is 1. The first kappa shape index (κ1) is 54.0. The van der Waals surface area contributed by atoms with Crippen molar-refractivity contribution in [1.82, 2.24) is 4.98 Å². The van der Waals surface area contributed by atoms with Crippen LogP contribution in [0.25, 0.3) is 10.2 Å². The Morgan fingerprint density at radius 3 is 1.72 bits per heavy atom. The number of nitrogens with zero attached hydrogens (tertiary/aromatic N) is 3. The molecule has 0 unspecified atom stereocenters. The summed E-state index contributed by atoms with van der Waals surface area (Å²) in [6, 6.07) is 28.1. The van der Waals surface area contributed by atoms with E-state index in [1.165, 1.54) is 0 Å². The van der Waals surface area contributed by atoms with Crippen molar-refractivity contribution >= 4 is 44.8 Å². The molecule has 0 radical (unpaired) electrons. The number of hydrazone groups is 1. The maximum absolute atomic E-state index is 13.2. The third-order valence-electron chi connectivity index (χ3n) is 12.9. The van der Waals surface area contributed by atoms with Crippen molar-refractivity contribution in [3.8, 4) is 34.5 Å². The van der Waals surface area contributed by atoms with Crippen LogP contribution < -0.4 is 33.4 Å². The Morgan fingerprint density at radius 2 is 1.17 bits per heavy atom. The summed E-state index contributed by atoms with van der Waals surface area (Å²) in [5.74, 6) is 3.44. The molecule has 2 fully saturated rings. The summed E-state index contributed by atoms with van der Waals surface area (Å²) >= 11 is 1.63. The normalized spacial score (nSPS) is 17.9. The Labute approximate surface area is 427 Å². The summed E-state index contributed by atoms with van der Waals surface area (Å²) in [7, 11) is 0. The Bertz CT molecular complexity index is 2370. The molecule has 0 atom stereocenters. The molecule has 0 saturated heterocycles. The molecular weight excluding hydrogens is 939 g/mol. The average molecular weight is 1010 g/mol. The van der Waals surface area contributed by atoms with Gasteiger partial charge in [-0.05, 0) is 148 Å². The summed E-state index contributed by atoms with van der Waals surface area (Å²) in [6.45, 7) is 5.93. The molecule has 5 aromatic rings. The Balaban J connectivity index is 0.934. The highest BCUT2D eigenvalue weighted by Gasteiger charge is 2.30. The molecular formula is C56H71N3O12S. The minimum absolute atomic E-state index is 0.0263. The van der Waals surface area contributed by atoms with Gasteiger partial charge in [0, 0.05) is 12.1 Å². The van der Waals surface area contributed by atoms with Crippen LogP contribution in [0.2, 0.25) is 0 Å². The zero-order valence-electron chi connectivity index (χ0n) is 41.5. The number of carbonyl (C=O) groups is 2. The van der Waals surface area contributed by atoms with Crippen molar-refractivity contribution < 1.29 is 57.7 Å². The molecule has 2 aliphatic carbocycles. The molecule has 16 heteroatoms. The number of thiazole rings is 1. The predicted molar refractivity (Wildman–Crippen MR) is 278 cm³/mol. The molecule has 0 bridgehead atoms. The van der Waals surface area contributed by atoms with Crippen LogP contribution in [0.15, 0.2) is 96.1 Å². The second-order valence-corrected chi connectivity index (χ2v) is 19.3. The van der Waals surface area contributed by atoms with Crippen molar-refractivity contribution in [3.05, 3.63) is 96.6 Å². The summed E-state index contributed by atoms with van der Waals surface area (Å²) < 4.78 is 47.5. The fourth-order valence-electron chi connectivity index (χ4n) is 8.77. The van der Waals surface area contributed by atoms with Crippen LogP contribution in [-0.2, 0) is 19.1 Å². The Hall–Kier alpha value is -5.78. The molecule has 2 aliphatic rings. The molecule has 1 aromatic heterocycles. The van der Waals surface area contributed by atoms with Gasteiger partial charge in [-0.3, -0.25) is 9.59 Å². The first-order chi connectivity index (χ1) is 35.4. The summed E-state index contributed by atoms with van der Waals surface area (Å²) in [4.78, 5) is 31.3. The monoisotopic (exact) mass is 1010 g/mol. The lowest BCUT2D eigenvalue weighted by molar-refractivity contribution is -0.141. The van der Waals surface area contributed by atoms with Crippen molar-refractivity contribution in [1.29, 1.82) is 0 Å². The van der Waals surface area contributed by atoms with Gasteiger partial charge in [0.1, 0.15) is 47.7 Å². The number of aliphatic hydroxyl groups is 2.